The number of hydrogen-bond acceptors (Lipinski definition) is 3. The number of hydrogen-bond donors (Lipinski definition) is 0. The number of benzene rings is 2. The van der Waals surface area contributed by atoms with Gasteiger partial charge in [0, 0.05) is 33.0 Å². The molecule has 4 nitrogen and oxygen atoms in total. The van der Waals surface area contributed by atoms with Gasteiger partial charge in [-0.25, -0.2) is 4.98 Å². The predicted octanol–water partition coefficient (Wildman–Crippen LogP) is 6.99. The second-order valence-electron chi connectivity index (χ2n) is 6.25. The van der Waals surface area contributed by atoms with Gasteiger partial charge in [-0.1, -0.05) is 51.6 Å². The number of imidazole rings is 1. The van der Waals surface area contributed by atoms with Gasteiger partial charge in [0.1, 0.15) is 11.8 Å². The lowest BCUT2D eigenvalue weighted by Gasteiger charge is -2.15. The van der Waals surface area contributed by atoms with Gasteiger partial charge in [-0.2, -0.15) is 0 Å². The molecular formula is C20H17Cl4N3O. The van der Waals surface area contributed by atoms with E-state index in [2.05, 4.69) is 10.1 Å². The van der Waals surface area contributed by atoms with E-state index in [-0.39, 0.29) is 6.10 Å². The van der Waals surface area contributed by atoms with Crippen molar-refractivity contribution in [3.63, 3.8) is 0 Å². The Morgan fingerprint density at radius 1 is 1.11 bits per heavy atom. The van der Waals surface area contributed by atoms with Crippen LogP contribution in [0.4, 0.5) is 0 Å². The molecule has 0 aliphatic heterocycles. The molecule has 2 aromatic carbocycles. The van der Waals surface area contributed by atoms with Crippen LogP contribution in [0.3, 0.4) is 0 Å². The van der Waals surface area contributed by atoms with Crippen LogP contribution >= 0.6 is 46.4 Å². The normalized spacial score (nSPS) is 12.9. The Morgan fingerprint density at radius 2 is 1.82 bits per heavy atom. The van der Waals surface area contributed by atoms with E-state index in [1.54, 1.807) is 24.7 Å². The minimum Gasteiger partial charge on any atom is -0.388 e. The molecule has 0 fully saturated rings. The lowest BCUT2D eigenvalue weighted by atomic mass is 10.1. The van der Waals surface area contributed by atoms with Gasteiger partial charge in [-0.15, -0.1) is 0 Å². The van der Waals surface area contributed by atoms with Crippen molar-refractivity contribution in [2.45, 2.75) is 26.5 Å². The molecule has 0 N–H and O–H groups in total. The quantitative estimate of drug-likeness (QED) is 0.296. The van der Waals surface area contributed by atoms with Gasteiger partial charge in [-0.05, 0) is 55.3 Å². The average Bonchev–Trinajstić information content (AvgIpc) is 3.16. The van der Waals surface area contributed by atoms with Gasteiger partial charge < -0.3 is 9.40 Å². The first kappa shape index (κ1) is 21.0. The number of rotatable bonds is 6. The lowest BCUT2D eigenvalue weighted by molar-refractivity contribution is 0.0718. The summed E-state index contributed by atoms with van der Waals surface area (Å²) in [7, 11) is 0. The molecule has 0 bridgehead atoms. The first-order valence-corrected chi connectivity index (χ1v) is 9.95. The van der Waals surface area contributed by atoms with Gasteiger partial charge in [0.25, 0.3) is 0 Å². The molecule has 0 aliphatic rings. The third-order valence-electron chi connectivity index (χ3n) is 4.23. The maximum atomic E-state index is 6.38. The minimum absolute atomic E-state index is 0.362. The summed E-state index contributed by atoms with van der Waals surface area (Å²) >= 11 is 24.9. The lowest BCUT2D eigenvalue weighted by Crippen LogP contribution is -2.12. The molecule has 0 aliphatic carbocycles. The third kappa shape index (κ3) is 5.00. The topological polar surface area (TPSA) is 39.4 Å². The smallest absolute Gasteiger partial charge is 0.149 e. The van der Waals surface area contributed by atoms with Crippen molar-refractivity contribution in [1.29, 1.82) is 0 Å². The second-order valence-corrected chi connectivity index (χ2v) is 7.91. The molecule has 146 valence electrons. The van der Waals surface area contributed by atoms with E-state index in [1.807, 2.05) is 42.8 Å². The van der Waals surface area contributed by atoms with Crippen LogP contribution in [-0.2, 0) is 11.4 Å². The SMILES string of the molecule is Cc1c(Cl)cc(C(C)O/N=C(\Cn2ccnc2)c2ccc(Cl)cc2Cl)cc1Cl. The fourth-order valence-corrected chi connectivity index (χ4v) is 3.56. The van der Waals surface area contributed by atoms with Crippen molar-refractivity contribution in [2.75, 3.05) is 0 Å². The Hall–Kier alpha value is -1.72. The van der Waals surface area contributed by atoms with Crippen molar-refractivity contribution in [3.05, 3.63) is 85.8 Å². The fourth-order valence-electron chi connectivity index (χ4n) is 2.54. The van der Waals surface area contributed by atoms with Gasteiger partial charge >= 0.3 is 0 Å². The van der Waals surface area contributed by atoms with E-state index in [0.717, 1.165) is 16.7 Å². The summed E-state index contributed by atoms with van der Waals surface area (Å²) in [5.41, 5.74) is 3.02. The molecule has 8 heteroatoms. The molecule has 3 aromatic rings. The zero-order valence-electron chi connectivity index (χ0n) is 15.2. The predicted molar refractivity (Wildman–Crippen MR) is 116 cm³/mol. The van der Waals surface area contributed by atoms with Gasteiger partial charge in [-0.3, -0.25) is 0 Å². The molecule has 0 radical (unpaired) electrons. The van der Waals surface area contributed by atoms with Crippen molar-refractivity contribution in [1.82, 2.24) is 9.55 Å². The van der Waals surface area contributed by atoms with E-state index in [4.69, 9.17) is 51.2 Å². The molecule has 28 heavy (non-hydrogen) atoms. The standard InChI is InChI=1S/C20H17Cl4N3O/c1-12-17(22)7-14(8-18(12)23)13(2)28-26-20(10-27-6-5-25-11-27)16-4-3-15(21)9-19(16)24/h3-9,11,13H,10H2,1-2H3/b26-20+. The summed E-state index contributed by atoms with van der Waals surface area (Å²) < 4.78 is 1.87. The number of aromatic nitrogens is 2. The average molecular weight is 457 g/mol. The minimum atomic E-state index is -0.362. The van der Waals surface area contributed by atoms with Gasteiger partial charge in [0.2, 0.25) is 0 Å². The zero-order valence-corrected chi connectivity index (χ0v) is 18.2. The van der Waals surface area contributed by atoms with Crippen LogP contribution in [0.15, 0.2) is 54.2 Å². The number of nitrogens with zero attached hydrogens (tertiary/aromatic N) is 3. The molecule has 0 saturated heterocycles. The molecule has 1 atom stereocenters. The first-order valence-electron chi connectivity index (χ1n) is 8.44. The van der Waals surface area contributed by atoms with Gasteiger partial charge in [0.05, 0.1) is 17.9 Å². The van der Waals surface area contributed by atoms with Crippen molar-refractivity contribution >= 4 is 52.1 Å². The summed E-state index contributed by atoms with van der Waals surface area (Å²) in [4.78, 5) is 9.83. The highest BCUT2D eigenvalue weighted by Gasteiger charge is 2.14. The Morgan fingerprint density at radius 3 is 2.43 bits per heavy atom. The van der Waals surface area contributed by atoms with E-state index in [1.165, 1.54) is 0 Å². The third-order valence-corrected chi connectivity index (χ3v) is 5.56. The van der Waals surface area contributed by atoms with E-state index >= 15 is 0 Å². The monoisotopic (exact) mass is 455 g/mol. The molecule has 1 aromatic heterocycles. The van der Waals surface area contributed by atoms with Crippen LogP contribution in [0.1, 0.15) is 29.7 Å². The molecule has 0 amide bonds. The fraction of sp³-hybridized carbons (Fsp3) is 0.200. The zero-order chi connectivity index (χ0) is 20.3. The van der Waals surface area contributed by atoms with Crippen LogP contribution < -0.4 is 0 Å². The Kier molecular flexibility index (Phi) is 6.89. The molecule has 0 spiro atoms. The molecule has 3 rings (SSSR count). The van der Waals surface area contributed by atoms with Gasteiger partial charge in [0.15, 0.2) is 0 Å². The highest BCUT2D eigenvalue weighted by molar-refractivity contribution is 6.37. The Balaban J connectivity index is 1.90. The van der Waals surface area contributed by atoms with Crippen molar-refractivity contribution < 1.29 is 4.84 Å². The number of oxime groups is 1. The van der Waals surface area contributed by atoms with Crippen molar-refractivity contribution in [2.24, 2.45) is 5.16 Å². The molecule has 1 unspecified atom stereocenters. The highest BCUT2D eigenvalue weighted by Crippen LogP contribution is 2.30. The summed E-state index contributed by atoms with van der Waals surface area (Å²) in [6.07, 6.45) is 4.87. The maximum absolute atomic E-state index is 6.38. The second kappa shape index (κ2) is 9.19. The summed E-state index contributed by atoms with van der Waals surface area (Å²) in [5.74, 6) is 0. The molecular weight excluding hydrogens is 440 g/mol. The largest absolute Gasteiger partial charge is 0.388 e. The molecule has 0 saturated carbocycles. The Labute approximate surface area is 183 Å². The van der Waals surface area contributed by atoms with Crippen LogP contribution in [0.2, 0.25) is 20.1 Å². The van der Waals surface area contributed by atoms with E-state index < -0.39 is 0 Å². The molecule has 1 heterocycles. The maximum Gasteiger partial charge on any atom is 0.149 e. The van der Waals surface area contributed by atoms with E-state index in [9.17, 15) is 0 Å². The van der Waals surface area contributed by atoms with Crippen LogP contribution in [-0.4, -0.2) is 15.3 Å². The van der Waals surface area contributed by atoms with E-state index in [0.29, 0.717) is 32.3 Å². The Bertz CT molecular complexity index is 980. The number of halogens is 4. The van der Waals surface area contributed by atoms with Crippen LogP contribution in [0, 0.1) is 6.92 Å². The first-order chi connectivity index (χ1) is 13.3. The van der Waals surface area contributed by atoms with Crippen LogP contribution in [0.25, 0.3) is 0 Å². The summed E-state index contributed by atoms with van der Waals surface area (Å²) in [6, 6.07) is 8.90. The van der Waals surface area contributed by atoms with Crippen LogP contribution in [0.5, 0.6) is 0 Å². The van der Waals surface area contributed by atoms with Crippen molar-refractivity contribution in [3.8, 4) is 0 Å². The summed E-state index contributed by atoms with van der Waals surface area (Å²) in [6.45, 7) is 4.17. The highest BCUT2D eigenvalue weighted by atomic mass is 35.5. The summed E-state index contributed by atoms with van der Waals surface area (Å²) in [5, 5.41) is 6.58.